The lowest BCUT2D eigenvalue weighted by Gasteiger charge is -2.29. The number of carbonyl (C=O) groups excluding carboxylic acids is 2. The molecule has 0 aliphatic carbocycles. The molecule has 0 rings (SSSR count). The van der Waals surface area contributed by atoms with Crippen LogP contribution in [-0.4, -0.2) is 74.4 Å². The minimum Gasteiger partial charge on any atom is -0.462 e. The van der Waals surface area contributed by atoms with Gasteiger partial charge in [-0.2, -0.15) is 0 Å². The van der Waals surface area contributed by atoms with E-state index in [0.29, 0.717) is 30.3 Å². The molecule has 0 radical (unpaired) electrons. The third-order valence-electron chi connectivity index (χ3n) is 9.77. The van der Waals surface area contributed by atoms with E-state index in [1.54, 1.807) is 0 Å². The Balaban J connectivity index is 4.55. The number of rotatable bonds is 40. The third kappa shape index (κ3) is 37.7. The van der Waals surface area contributed by atoms with Gasteiger partial charge in [0.1, 0.15) is 19.3 Å². The molecule has 0 aliphatic rings. The molecule has 0 aliphatic heterocycles. The van der Waals surface area contributed by atoms with E-state index >= 15 is 0 Å². The van der Waals surface area contributed by atoms with Crippen molar-refractivity contribution in [1.82, 2.24) is 0 Å². The van der Waals surface area contributed by atoms with Crippen molar-refractivity contribution in [1.29, 1.82) is 0 Å². The fourth-order valence-electron chi connectivity index (χ4n) is 6.49. The number of nitrogens with zero attached hydrogens (tertiary/aromatic N) is 1. The van der Waals surface area contributed by atoms with Crippen LogP contribution in [0.1, 0.15) is 207 Å². The van der Waals surface area contributed by atoms with Gasteiger partial charge in [0.15, 0.2) is 6.10 Å². The molecule has 320 valence electrons. The molecular formula is C44H87NO8P+. The van der Waals surface area contributed by atoms with E-state index in [1.165, 1.54) is 109 Å². The van der Waals surface area contributed by atoms with E-state index in [9.17, 15) is 19.0 Å². The molecule has 0 saturated heterocycles. The van der Waals surface area contributed by atoms with E-state index in [2.05, 4.69) is 26.0 Å². The van der Waals surface area contributed by atoms with Gasteiger partial charge >= 0.3 is 19.8 Å². The zero-order valence-corrected chi connectivity index (χ0v) is 37.0. The Morgan fingerprint density at radius 3 is 1.41 bits per heavy atom. The molecule has 0 fully saturated rings. The maximum Gasteiger partial charge on any atom is 0.472 e. The predicted octanol–water partition coefficient (Wildman–Crippen LogP) is 12.6. The van der Waals surface area contributed by atoms with Crippen LogP contribution in [0.3, 0.4) is 0 Å². The Bertz CT molecular complexity index is 953. The van der Waals surface area contributed by atoms with E-state index in [4.69, 9.17) is 18.5 Å². The number of allylic oxidation sites excluding steroid dienone is 2. The number of phosphoric acid groups is 1. The summed E-state index contributed by atoms with van der Waals surface area (Å²) in [5, 5.41) is 0. The Hall–Kier alpha value is -1.25. The van der Waals surface area contributed by atoms with Gasteiger partial charge < -0.3 is 18.9 Å². The SMILES string of the molecule is CCCCCCCCC=CCCCCCCCC(=O)O[C@H](COC(=O)CCCCCCCCCCCCCCC)COP(=O)(O)OC(CC)C[N+](C)(C)C. The van der Waals surface area contributed by atoms with Crippen molar-refractivity contribution in [3.05, 3.63) is 12.2 Å². The van der Waals surface area contributed by atoms with Crippen LogP contribution in [0.25, 0.3) is 0 Å². The minimum atomic E-state index is -4.44. The highest BCUT2D eigenvalue weighted by molar-refractivity contribution is 7.47. The summed E-state index contributed by atoms with van der Waals surface area (Å²) in [7, 11) is 1.50. The highest BCUT2D eigenvalue weighted by atomic mass is 31.2. The first kappa shape index (κ1) is 52.8. The third-order valence-corrected chi connectivity index (χ3v) is 10.8. The Morgan fingerprint density at radius 2 is 0.981 bits per heavy atom. The summed E-state index contributed by atoms with van der Waals surface area (Å²) >= 11 is 0. The van der Waals surface area contributed by atoms with Gasteiger partial charge in [-0.25, -0.2) is 4.57 Å². The molecule has 0 amide bonds. The molecule has 9 nitrogen and oxygen atoms in total. The summed E-state index contributed by atoms with van der Waals surface area (Å²) in [4.78, 5) is 35.8. The average molecular weight is 789 g/mol. The Kier molecular flexibility index (Phi) is 35.3. The molecular weight excluding hydrogens is 701 g/mol. The molecule has 0 saturated carbocycles. The van der Waals surface area contributed by atoms with Crippen LogP contribution in [0.4, 0.5) is 0 Å². The van der Waals surface area contributed by atoms with Crippen LogP contribution in [-0.2, 0) is 32.7 Å². The number of unbranched alkanes of at least 4 members (excludes halogenated alkanes) is 23. The quantitative estimate of drug-likeness (QED) is 0.0215. The standard InChI is InChI=1S/C44H86NO8P/c1-7-10-12-14-16-18-20-22-23-25-27-29-31-33-35-37-44(47)52-42(40-51-54(48,49)53-41(9-3)38-45(4,5)6)39-50-43(46)36-34-32-30-28-26-24-21-19-17-15-13-11-8-2/h22-23,41-42H,7-21,24-40H2,1-6H3/p+1/t41?,42-/m1/s1. The largest absolute Gasteiger partial charge is 0.472 e. The van der Waals surface area contributed by atoms with Crippen LogP contribution < -0.4 is 0 Å². The summed E-state index contributed by atoms with van der Waals surface area (Å²) in [6.07, 6.45) is 35.4. The van der Waals surface area contributed by atoms with Gasteiger partial charge in [-0.3, -0.25) is 18.6 Å². The molecule has 0 heterocycles. The van der Waals surface area contributed by atoms with Gasteiger partial charge in [0.25, 0.3) is 0 Å². The van der Waals surface area contributed by atoms with E-state index in [1.807, 2.05) is 28.1 Å². The van der Waals surface area contributed by atoms with Gasteiger partial charge in [0.05, 0.1) is 27.7 Å². The predicted molar refractivity (Wildman–Crippen MR) is 224 cm³/mol. The van der Waals surface area contributed by atoms with Crippen molar-refractivity contribution in [3.8, 4) is 0 Å². The Morgan fingerprint density at radius 1 is 0.574 bits per heavy atom. The fourth-order valence-corrected chi connectivity index (χ4v) is 7.50. The second kappa shape index (κ2) is 36.1. The first-order chi connectivity index (χ1) is 25.9. The molecule has 0 spiro atoms. The first-order valence-electron chi connectivity index (χ1n) is 22.4. The minimum absolute atomic E-state index is 0.231. The van der Waals surface area contributed by atoms with E-state index in [-0.39, 0.29) is 19.0 Å². The summed E-state index contributed by atoms with van der Waals surface area (Å²) in [6, 6.07) is 0. The molecule has 10 heteroatoms. The van der Waals surface area contributed by atoms with Crippen molar-refractivity contribution >= 4 is 19.8 Å². The Labute approximate surface area is 333 Å². The lowest BCUT2D eigenvalue weighted by Crippen LogP contribution is -2.42. The smallest absolute Gasteiger partial charge is 0.462 e. The van der Waals surface area contributed by atoms with Crippen molar-refractivity contribution in [2.24, 2.45) is 0 Å². The van der Waals surface area contributed by atoms with Crippen LogP contribution in [0.2, 0.25) is 0 Å². The molecule has 0 aromatic heterocycles. The number of hydrogen-bond donors (Lipinski definition) is 1. The van der Waals surface area contributed by atoms with Crippen LogP contribution in [0.15, 0.2) is 12.2 Å². The molecule has 0 aromatic rings. The molecule has 0 bridgehead atoms. The highest BCUT2D eigenvalue weighted by Gasteiger charge is 2.31. The van der Waals surface area contributed by atoms with E-state index in [0.717, 1.165) is 51.4 Å². The number of ether oxygens (including phenoxy) is 2. The summed E-state index contributed by atoms with van der Waals surface area (Å²) < 4.78 is 35.2. The fraction of sp³-hybridized carbons (Fsp3) is 0.909. The highest BCUT2D eigenvalue weighted by Crippen LogP contribution is 2.45. The lowest BCUT2D eigenvalue weighted by atomic mass is 10.0. The van der Waals surface area contributed by atoms with Gasteiger partial charge in [-0.1, -0.05) is 161 Å². The van der Waals surface area contributed by atoms with Gasteiger partial charge in [0.2, 0.25) is 0 Å². The first-order valence-corrected chi connectivity index (χ1v) is 23.9. The summed E-state index contributed by atoms with van der Waals surface area (Å²) in [5.41, 5.74) is 0. The zero-order chi connectivity index (χ0) is 40.2. The topological polar surface area (TPSA) is 108 Å². The zero-order valence-electron chi connectivity index (χ0n) is 36.1. The summed E-state index contributed by atoms with van der Waals surface area (Å²) in [5.74, 6) is -0.798. The number of quaternary nitrogens is 1. The van der Waals surface area contributed by atoms with Crippen molar-refractivity contribution in [3.63, 3.8) is 0 Å². The van der Waals surface area contributed by atoms with Crippen LogP contribution in [0.5, 0.6) is 0 Å². The van der Waals surface area contributed by atoms with Crippen molar-refractivity contribution in [2.45, 2.75) is 219 Å². The number of hydrogen-bond acceptors (Lipinski definition) is 7. The van der Waals surface area contributed by atoms with Gasteiger partial charge in [0, 0.05) is 12.8 Å². The maximum absolute atomic E-state index is 12.8. The lowest BCUT2D eigenvalue weighted by molar-refractivity contribution is -0.873. The number of likely N-dealkylation sites (N-methyl/N-ethyl adjacent to an activating group) is 1. The second-order valence-electron chi connectivity index (χ2n) is 16.5. The van der Waals surface area contributed by atoms with E-state index < -0.39 is 32.6 Å². The molecule has 2 unspecified atom stereocenters. The molecule has 0 aromatic carbocycles. The number of esters is 2. The van der Waals surface area contributed by atoms with Crippen molar-refractivity contribution < 1.29 is 42.1 Å². The second-order valence-corrected chi connectivity index (χ2v) is 17.9. The molecule has 54 heavy (non-hydrogen) atoms. The normalized spacial score (nSPS) is 14.3. The molecule has 1 N–H and O–H groups in total. The summed E-state index contributed by atoms with van der Waals surface area (Å²) in [6.45, 7) is 6.28. The van der Waals surface area contributed by atoms with Crippen LogP contribution in [0, 0.1) is 0 Å². The van der Waals surface area contributed by atoms with Crippen LogP contribution >= 0.6 is 7.82 Å². The number of carbonyl (C=O) groups is 2. The maximum atomic E-state index is 12.8. The van der Waals surface area contributed by atoms with Crippen molar-refractivity contribution in [2.75, 3.05) is 40.9 Å². The average Bonchev–Trinajstić information content (AvgIpc) is 3.12. The molecule has 3 atom stereocenters. The monoisotopic (exact) mass is 789 g/mol. The van der Waals surface area contributed by atoms with Gasteiger partial charge in [-0.05, 0) is 44.9 Å². The van der Waals surface area contributed by atoms with Gasteiger partial charge in [-0.15, -0.1) is 0 Å². The number of phosphoric ester groups is 1.